The minimum absolute atomic E-state index is 0.609. The van der Waals surface area contributed by atoms with E-state index in [1.165, 1.54) is 5.56 Å². The van der Waals surface area contributed by atoms with Crippen LogP contribution in [0.25, 0.3) is 11.4 Å². The van der Waals surface area contributed by atoms with Crippen molar-refractivity contribution in [2.75, 3.05) is 0 Å². The molecular formula is C16H15N3OS. The van der Waals surface area contributed by atoms with Crippen LogP contribution in [0.1, 0.15) is 17.0 Å². The standard InChI is InChI=1S/C16H15N3OS/c1-11-3-6-13(7-4-11)16-18-14(20-19-16)10-21-15-8-5-12(2)9-17-15/h3-9H,10H2,1-2H3. The Bertz CT molecular complexity index is 720. The quantitative estimate of drug-likeness (QED) is 0.680. The lowest BCUT2D eigenvalue weighted by Crippen LogP contribution is -1.85. The smallest absolute Gasteiger partial charge is 0.237 e. The molecule has 0 saturated heterocycles. The molecule has 0 aliphatic rings. The van der Waals surface area contributed by atoms with E-state index in [0.29, 0.717) is 17.5 Å². The molecule has 106 valence electrons. The Hall–Kier alpha value is -2.14. The normalized spacial score (nSPS) is 10.8. The van der Waals surface area contributed by atoms with Crippen molar-refractivity contribution in [3.05, 3.63) is 59.6 Å². The van der Waals surface area contributed by atoms with Crippen molar-refractivity contribution >= 4 is 11.8 Å². The van der Waals surface area contributed by atoms with E-state index >= 15 is 0 Å². The van der Waals surface area contributed by atoms with Crippen LogP contribution in [0.15, 0.2) is 52.1 Å². The van der Waals surface area contributed by atoms with Gasteiger partial charge in [-0.2, -0.15) is 4.98 Å². The summed E-state index contributed by atoms with van der Waals surface area (Å²) >= 11 is 1.59. The molecule has 0 aliphatic carbocycles. The lowest BCUT2D eigenvalue weighted by atomic mass is 10.1. The van der Waals surface area contributed by atoms with Gasteiger partial charge in [-0.15, -0.1) is 0 Å². The SMILES string of the molecule is Cc1ccc(-c2noc(CSc3ccc(C)cn3)n2)cc1. The third-order valence-electron chi connectivity index (χ3n) is 3.01. The van der Waals surface area contributed by atoms with E-state index in [9.17, 15) is 0 Å². The minimum Gasteiger partial charge on any atom is -0.338 e. The number of rotatable bonds is 4. The van der Waals surface area contributed by atoms with Gasteiger partial charge in [-0.3, -0.25) is 0 Å². The number of aromatic nitrogens is 3. The highest BCUT2D eigenvalue weighted by Crippen LogP contribution is 2.22. The fourth-order valence-electron chi connectivity index (χ4n) is 1.81. The van der Waals surface area contributed by atoms with E-state index in [1.54, 1.807) is 11.8 Å². The van der Waals surface area contributed by atoms with Crippen LogP contribution < -0.4 is 0 Å². The Morgan fingerprint density at radius 1 is 1.00 bits per heavy atom. The van der Waals surface area contributed by atoms with Crippen LogP contribution >= 0.6 is 11.8 Å². The monoisotopic (exact) mass is 297 g/mol. The summed E-state index contributed by atoms with van der Waals surface area (Å²) in [4.78, 5) is 8.76. The Labute approximate surface area is 127 Å². The minimum atomic E-state index is 0.609. The van der Waals surface area contributed by atoms with Crippen LogP contribution in [0.4, 0.5) is 0 Å². The Morgan fingerprint density at radius 3 is 2.48 bits per heavy atom. The summed E-state index contributed by atoms with van der Waals surface area (Å²) in [5.74, 6) is 1.86. The summed E-state index contributed by atoms with van der Waals surface area (Å²) in [6.45, 7) is 4.07. The first-order chi connectivity index (χ1) is 10.2. The summed E-state index contributed by atoms with van der Waals surface area (Å²) in [6.07, 6.45) is 1.86. The first-order valence-corrected chi connectivity index (χ1v) is 7.64. The molecule has 0 spiro atoms. The number of hydrogen-bond acceptors (Lipinski definition) is 5. The molecule has 4 nitrogen and oxygen atoms in total. The molecule has 21 heavy (non-hydrogen) atoms. The zero-order valence-corrected chi connectivity index (χ0v) is 12.7. The average molecular weight is 297 g/mol. The molecule has 2 heterocycles. The highest BCUT2D eigenvalue weighted by molar-refractivity contribution is 7.98. The maximum atomic E-state index is 5.29. The summed E-state index contributed by atoms with van der Waals surface area (Å²) in [6, 6.07) is 12.1. The largest absolute Gasteiger partial charge is 0.338 e. The zero-order chi connectivity index (χ0) is 14.7. The van der Waals surface area contributed by atoms with Gasteiger partial charge in [0.1, 0.15) is 0 Å². The van der Waals surface area contributed by atoms with E-state index < -0.39 is 0 Å². The van der Waals surface area contributed by atoms with Gasteiger partial charge in [0.25, 0.3) is 0 Å². The molecular weight excluding hydrogens is 282 g/mol. The molecule has 0 N–H and O–H groups in total. The van der Waals surface area contributed by atoms with E-state index in [0.717, 1.165) is 16.2 Å². The number of aryl methyl sites for hydroxylation is 2. The van der Waals surface area contributed by atoms with Crippen LogP contribution in [0.3, 0.4) is 0 Å². The summed E-state index contributed by atoms with van der Waals surface area (Å²) in [5, 5.41) is 4.98. The van der Waals surface area contributed by atoms with Crippen LogP contribution in [-0.2, 0) is 5.75 Å². The van der Waals surface area contributed by atoms with Crippen molar-refractivity contribution in [3.63, 3.8) is 0 Å². The third kappa shape index (κ3) is 3.49. The Balaban J connectivity index is 1.67. The third-order valence-corrected chi connectivity index (χ3v) is 3.93. The lowest BCUT2D eigenvalue weighted by Gasteiger charge is -1.97. The molecule has 3 rings (SSSR count). The van der Waals surface area contributed by atoms with Crippen LogP contribution in [0, 0.1) is 13.8 Å². The number of hydrogen-bond donors (Lipinski definition) is 0. The molecule has 0 bridgehead atoms. The maximum absolute atomic E-state index is 5.29. The number of benzene rings is 1. The average Bonchev–Trinajstić information content (AvgIpc) is 2.96. The van der Waals surface area contributed by atoms with Crippen LogP contribution in [-0.4, -0.2) is 15.1 Å². The van der Waals surface area contributed by atoms with Gasteiger partial charge >= 0.3 is 0 Å². The van der Waals surface area contributed by atoms with Gasteiger partial charge in [0.15, 0.2) is 0 Å². The molecule has 1 aromatic carbocycles. The fraction of sp³-hybridized carbons (Fsp3) is 0.188. The van der Waals surface area contributed by atoms with E-state index in [1.807, 2.05) is 49.5 Å². The van der Waals surface area contributed by atoms with Crippen molar-refractivity contribution in [1.82, 2.24) is 15.1 Å². The predicted octanol–water partition coefficient (Wildman–Crippen LogP) is 4.04. The highest BCUT2D eigenvalue weighted by atomic mass is 32.2. The summed E-state index contributed by atoms with van der Waals surface area (Å²) in [5.41, 5.74) is 3.33. The Morgan fingerprint density at radius 2 is 1.76 bits per heavy atom. The Kier molecular flexibility index (Phi) is 4.01. The fourth-order valence-corrected chi connectivity index (χ4v) is 2.49. The maximum Gasteiger partial charge on any atom is 0.237 e. The first-order valence-electron chi connectivity index (χ1n) is 6.66. The second-order valence-corrected chi connectivity index (χ2v) is 5.84. The van der Waals surface area contributed by atoms with Gasteiger partial charge < -0.3 is 4.52 Å². The van der Waals surface area contributed by atoms with Gasteiger partial charge in [-0.05, 0) is 25.5 Å². The van der Waals surface area contributed by atoms with Crippen molar-refractivity contribution in [2.45, 2.75) is 24.6 Å². The molecule has 0 unspecified atom stereocenters. The van der Waals surface area contributed by atoms with Crippen molar-refractivity contribution in [1.29, 1.82) is 0 Å². The van der Waals surface area contributed by atoms with Gasteiger partial charge in [0, 0.05) is 11.8 Å². The van der Waals surface area contributed by atoms with Gasteiger partial charge in [0.2, 0.25) is 11.7 Å². The first kappa shape index (κ1) is 13.8. The predicted molar refractivity (Wildman–Crippen MR) is 83.0 cm³/mol. The van der Waals surface area contributed by atoms with Gasteiger partial charge in [-0.25, -0.2) is 4.98 Å². The van der Waals surface area contributed by atoms with E-state index in [-0.39, 0.29) is 0 Å². The van der Waals surface area contributed by atoms with Crippen molar-refractivity contribution < 1.29 is 4.52 Å². The molecule has 5 heteroatoms. The molecule has 0 amide bonds. The molecule has 0 saturated carbocycles. The van der Waals surface area contributed by atoms with Gasteiger partial charge in [-0.1, -0.05) is 52.8 Å². The molecule has 3 aromatic rings. The number of thioether (sulfide) groups is 1. The molecule has 0 aliphatic heterocycles. The highest BCUT2D eigenvalue weighted by Gasteiger charge is 2.09. The molecule has 0 radical (unpaired) electrons. The topological polar surface area (TPSA) is 51.8 Å². The van der Waals surface area contributed by atoms with Crippen molar-refractivity contribution in [2.24, 2.45) is 0 Å². The van der Waals surface area contributed by atoms with Crippen LogP contribution in [0.2, 0.25) is 0 Å². The van der Waals surface area contributed by atoms with Crippen molar-refractivity contribution in [3.8, 4) is 11.4 Å². The van der Waals surface area contributed by atoms with E-state index in [4.69, 9.17) is 4.52 Å². The molecule has 2 aromatic heterocycles. The summed E-state index contributed by atoms with van der Waals surface area (Å²) < 4.78 is 5.29. The number of pyridine rings is 1. The second kappa shape index (κ2) is 6.10. The second-order valence-electron chi connectivity index (χ2n) is 4.84. The van der Waals surface area contributed by atoms with Crippen LogP contribution in [0.5, 0.6) is 0 Å². The lowest BCUT2D eigenvalue weighted by molar-refractivity contribution is 0.391. The molecule has 0 fully saturated rings. The number of nitrogens with zero attached hydrogens (tertiary/aromatic N) is 3. The van der Waals surface area contributed by atoms with Gasteiger partial charge in [0.05, 0.1) is 10.8 Å². The van der Waals surface area contributed by atoms with E-state index in [2.05, 4.69) is 22.0 Å². The summed E-state index contributed by atoms with van der Waals surface area (Å²) in [7, 11) is 0. The zero-order valence-electron chi connectivity index (χ0n) is 11.9. The molecule has 0 atom stereocenters.